The number of rotatable bonds is 8. The average molecular weight is 380 g/mol. The molecule has 0 fully saturated rings. The summed E-state index contributed by atoms with van der Waals surface area (Å²) < 4.78 is 13.0. The summed E-state index contributed by atoms with van der Waals surface area (Å²) in [5, 5.41) is 11.0. The summed E-state index contributed by atoms with van der Waals surface area (Å²) in [7, 11) is 1.60. The van der Waals surface area contributed by atoms with E-state index in [4.69, 9.17) is 9.47 Å². The van der Waals surface area contributed by atoms with Crippen molar-refractivity contribution >= 4 is 17.6 Å². The third-order valence-electron chi connectivity index (χ3n) is 3.99. The van der Waals surface area contributed by atoms with Gasteiger partial charge in [0.2, 0.25) is 5.91 Å². The Labute approximate surface area is 164 Å². The fourth-order valence-electron chi connectivity index (χ4n) is 2.57. The number of fused-ring (bicyclic) bond motifs is 1. The monoisotopic (exact) mass is 380 g/mol. The van der Waals surface area contributed by atoms with E-state index in [1.807, 2.05) is 47.0 Å². The number of pyridine rings is 1. The normalized spacial score (nSPS) is 11.3. The maximum absolute atomic E-state index is 12.1. The van der Waals surface area contributed by atoms with Crippen molar-refractivity contribution in [3.63, 3.8) is 0 Å². The second-order valence-corrected chi connectivity index (χ2v) is 6.71. The molecule has 0 aliphatic heterocycles. The van der Waals surface area contributed by atoms with Gasteiger partial charge in [0.15, 0.2) is 23.0 Å². The van der Waals surface area contributed by atoms with E-state index in [-0.39, 0.29) is 5.91 Å². The lowest BCUT2D eigenvalue weighted by Gasteiger charge is -2.12. The highest BCUT2D eigenvalue weighted by molar-refractivity contribution is 5.91. The molecule has 146 valence electrons. The quantitative estimate of drug-likeness (QED) is 0.608. The Kier molecular flexibility index (Phi) is 6.26. The number of carbonyl (C=O) groups is 1. The van der Waals surface area contributed by atoms with Gasteiger partial charge in [-0.05, 0) is 41.8 Å². The van der Waals surface area contributed by atoms with E-state index < -0.39 is 0 Å². The molecule has 0 aliphatic carbocycles. The van der Waals surface area contributed by atoms with Gasteiger partial charge in [0.05, 0.1) is 20.3 Å². The number of carbonyl (C=O) groups excluding carboxylic acids is 1. The second-order valence-electron chi connectivity index (χ2n) is 6.71. The van der Waals surface area contributed by atoms with Gasteiger partial charge in [0.25, 0.3) is 0 Å². The lowest BCUT2D eigenvalue weighted by Crippen LogP contribution is -2.21. The van der Waals surface area contributed by atoms with Crippen LogP contribution in [0.4, 0.5) is 0 Å². The predicted octanol–water partition coefficient (Wildman–Crippen LogP) is 3.10. The fraction of sp³-hybridized carbons (Fsp3) is 0.286. The summed E-state index contributed by atoms with van der Waals surface area (Å²) in [6, 6.07) is 11.2. The smallest absolute Gasteiger partial charge is 0.244 e. The summed E-state index contributed by atoms with van der Waals surface area (Å²) in [6.45, 7) is 5.08. The lowest BCUT2D eigenvalue weighted by molar-refractivity contribution is -0.116. The lowest BCUT2D eigenvalue weighted by atomic mass is 10.2. The van der Waals surface area contributed by atoms with Gasteiger partial charge in [-0.3, -0.25) is 9.20 Å². The van der Waals surface area contributed by atoms with Gasteiger partial charge in [-0.2, -0.15) is 0 Å². The predicted molar refractivity (Wildman–Crippen MR) is 107 cm³/mol. The molecule has 1 N–H and O–H groups in total. The van der Waals surface area contributed by atoms with Crippen LogP contribution in [0.1, 0.15) is 25.2 Å². The van der Waals surface area contributed by atoms with Crippen molar-refractivity contribution in [1.82, 2.24) is 19.9 Å². The molecule has 3 rings (SSSR count). The van der Waals surface area contributed by atoms with Crippen molar-refractivity contribution in [1.29, 1.82) is 0 Å². The van der Waals surface area contributed by atoms with Crippen molar-refractivity contribution in [2.24, 2.45) is 5.92 Å². The van der Waals surface area contributed by atoms with Crippen LogP contribution in [0.3, 0.4) is 0 Å². The van der Waals surface area contributed by atoms with Crippen LogP contribution in [0.15, 0.2) is 48.7 Å². The number of nitrogens with zero attached hydrogens (tertiary/aromatic N) is 3. The molecule has 0 atom stereocenters. The fourth-order valence-corrected chi connectivity index (χ4v) is 2.57. The third-order valence-corrected chi connectivity index (χ3v) is 3.99. The highest BCUT2D eigenvalue weighted by atomic mass is 16.5. The zero-order chi connectivity index (χ0) is 19.9. The Morgan fingerprint density at radius 2 is 2.07 bits per heavy atom. The van der Waals surface area contributed by atoms with E-state index in [2.05, 4.69) is 29.4 Å². The first-order valence-electron chi connectivity index (χ1n) is 9.12. The Morgan fingerprint density at radius 1 is 1.21 bits per heavy atom. The molecule has 0 unspecified atom stereocenters. The number of aromatic nitrogens is 3. The first kappa shape index (κ1) is 19.4. The molecule has 28 heavy (non-hydrogen) atoms. The molecule has 0 saturated carbocycles. The standard InChI is InChI=1S/C21H24N4O3/c1-15(2)14-28-17-9-7-16(12-18(17)27-3)8-10-21(26)22-13-20-24-23-19-6-4-5-11-25(19)20/h4-12,15H,13-14H2,1-3H3,(H,22,26). The maximum atomic E-state index is 12.1. The van der Waals surface area contributed by atoms with Crippen molar-refractivity contribution in [3.8, 4) is 11.5 Å². The van der Waals surface area contributed by atoms with E-state index >= 15 is 0 Å². The van der Waals surface area contributed by atoms with Crippen molar-refractivity contribution < 1.29 is 14.3 Å². The van der Waals surface area contributed by atoms with Crippen molar-refractivity contribution in [2.45, 2.75) is 20.4 Å². The molecule has 0 radical (unpaired) electrons. The van der Waals surface area contributed by atoms with Gasteiger partial charge in [0, 0.05) is 12.3 Å². The van der Waals surface area contributed by atoms with Crippen LogP contribution in [-0.2, 0) is 11.3 Å². The maximum Gasteiger partial charge on any atom is 0.244 e. The minimum absolute atomic E-state index is 0.216. The van der Waals surface area contributed by atoms with E-state index in [1.54, 1.807) is 13.2 Å². The number of nitrogens with one attached hydrogen (secondary N) is 1. The van der Waals surface area contributed by atoms with Gasteiger partial charge in [0.1, 0.15) is 0 Å². The van der Waals surface area contributed by atoms with Gasteiger partial charge >= 0.3 is 0 Å². The highest BCUT2D eigenvalue weighted by Gasteiger charge is 2.07. The summed E-state index contributed by atoms with van der Waals surface area (Å²) in [4.78, 5) is 12.1. The van der Waals surface area contributed by atoms with Crippen molar-refractivity contribution in [2.75, 3.05) is 13.7 Å². The molecule has 0 bridgehead atoms. The van der Waals surface area contributed by atoms with E-state index in [0.29, 0.717) is 36.4 Å². The average Bonchev–Trinajstić information content (AvgIpc) is 3.12. The molecule has 0 spiro atoms. The molecule has 0 saturated heterocycles. The molecular weight excluding hydrogens is 356 g/mol. The number of benzene rings is 1. The zero-order valence-corrected chi connectivity index (χ0v) is 16.3. The van der Waals surface area contributed by atoms with Crippen LogP contribution < -0.4 is 14.8 Å². The Hall–Kier alpha value is -3.35. The number of hydrogen-bond acceptors (Lipinski definition) is 5. The summed E-state index contributed by atoms with van der Waals surface area (Å²) in [6.07, 6.45) is 5.07. The zero-order valence-electron chi connectivity index (χ0n) is 16.3. The highest BCUT2D eigenvalue weighted by Crippen LogP contribution is 2.28. The Morgan fingerprint density at radius 3 is 2.86 bits per heavy atom. The van der Waals surface area contributed by atoms with E-state index in [9.17, 15) is 4.79 Å². The molecule has 0 aliphatic rings. The molecule has 3 aromatic rings. The first-order valence-corrected chi connectivity index (χ1v) is 9.12. The molecule has 1 amide bonds. The number of hydrogen-bond donors (Lipinski definition) is 1. The van der Waals surface area contributed by atoms with E-state index in [1.165, 1.54) is 6.08 Å². The van der Waals surface area contributed by atoms with Crippen LogP contribution in [-0.4, -0.2) is 34.2 Å². The third kappa shape index (κ3) is 4.88. The number of ether oxygens (including phenoxy) is 2. The summed E-state index contributed by atoms with van der Waals surface area (Å²) >= 11 is 0. The summed E-state index contributed by atoms with van der Waals surface area (Å²) in [5.41, 5.74) is 1.59. The first-order chi connectivity index (χ1) is 13.6. The molecule has 2 heterocycles. The van der Waals surface area contributed by atoms with Gasteiger partial charge in [-0.15, -0.1) is 10.2 Å². The van der Waals surface area contributed by atoms with Crippen LogP contribution >= 0.6 is 0 Å². The van der Waals surface area contributed by atoms with Gasteiger partial charge in [-0.25, -0.2) is 0 Å². The number of methoxy groups -OCH3 is 1. The molecule has 7 nitrogen and oxygen atoms in total. The SMILES string of the molecule is COc1cc(C=CC(=O)NCc2nnc3ccccn23)ccc1OCC(C)C. The largest absolute Gasteiger partial charge is 0.493 e. The topological polar surface area (TPSA) is 77.8 Å². The van der Waals surface area contributed by atoms with Crippen LogP contribution in [0, 0.1) is 5.92 Å². The minimum atomic E-state index is -0.216. The van der Waals surface area contributed by atoms with E-state index in [0.717, 1.165) is 11.2 Å². The second kappa shape index (κ2) is 9.03. The van der Waals surface area contributed by atoms with Gasteiger partial charge < -0.3 is 14.8 Å². The number of amides is 1. The Bertz CT molecular complexity index is 979. The summed E-state index contributed by atoms with van der Waals surface area (Å²) in [5.74, 6) is 2.21. The van der Waals surface area contributed by atoms with Gasteiger partial charge in [-0.1, -0.05) is 26.0 Å². The molecular formula is C21H24N4O3. The van der Waals surface area contributed by atoms with Crippen molar-refractivity contribution in [3.05, 3.63) is 60.1 Å². The van der Waals surface area contributed by atoms with Crippen LogP contribution in [0.5, 0.6) is 11.5 Å². The Balaban J connectivity index is 1.60. The molecule has 1 aromatic carbocycles. The van der Waals surface area contributed by atoms with Crippen LogP contribution in [0.25, 0.3) is 11.7 Å². The molecule has 7 heteroatoms. The van der Waals surface area contributed by atoms with Crippen LogP contribution in [0.2, 0.25) is 0 Å². The minimum Gasteiger partial charge on any atom is -0.493 e. The molecule has 2 aromatic heterocycles.